The molecule has 0 amide bonds. The Labute approximate surface area is 118 Å². The summed E-state index contributed by atoms with van der Waals surface area (Å²) in [5, 5.41) is 3.47. The first kappa shape index (κ1) is 15.3. The third-order valence-electron chi connectivity index (χ3n) is 3.27. The predicted octanol–water partition coefficient (Wildman–Crippen LogP) is 3.41. The molecule has 1 rings (SSSR count). The molecular weight excluding hydrogens is 292 g/mol. The van der Waals surface area contributed by atoms with Gasteiger partial charge in [-0.2, -0.15) is 0 Å². The zero-order valence-electron chi connectivity index (χ0n) is 11.6. The number of rotatable bonds is 6. The SMILES string of the molecule is COc1cc(Br)cc(C)c1NCC(CN)C(C)C. The fraction of sp³-hybridized carbons (Fsp3) is 0.571. The molecule has 0 spiro atoms. The third-order valence-corrected chi connectivity index (χ3v) is 3.73. The van der Waals surface area contributed by atoms with Crippen LogP contribution in [0.2, 0.25) is 0 Å². The predicted molar refractivity (Wildman–Crippen MR) is 81.3 cm³/mol. The molecule has 0 aliphatic rings. The number of nitrogens with one attached hydrogen (secondary N) is 1. The first-order valence-electron chi connectivity index (χ1n) is 6.27. The van der Waals surface area contributed by atoms with Crippen LogP contribution in [-0.4, -0.2) is 20.2 Å². The van der Waals surface area contributed by atoms with Gasteiger partial charge in [0, 0.05) is 11.0 Å². The lowest BCUT2D eigenvalue weighted by atomic mass is 9.96. The van der Waals surface area contributed by atoms with Gasteiger partial charge < -0.3 is 15.8 Å². The number of anilines is 1. The highest BCUT2D eigenvalue weighted by Crippen LogP contribution is 2.32. The summed E-state index contributed by atoms with van der Waals surface area (Å²) in [7, 11) is 1.69. The van der Waals surface area contributed by atoms with Crippen LogP contribution in [-0.2, 0) is 0 Å². The lowest BCUT2D eigenvalue weighted by Crippen LogP contribution is -2.27. The molecule has 0 radical (unpaired) electrons. The zero-order valence-corrected chi connectivity index (χ0v) is 13.2. The van der Waals surface area contributed by atoms with E-state index in [1.165, 1.54) is 5.56 Å². The van der Waals surface area contributed by atoms with Gasteiger partial charge in [-0.05, 0) is 43.0 Å². The third kappa shape index (κ3) is 3.89. The molecule has 1 unspecified atom stereocenters. The number of aryl methyl sites for hydroxylation is 1. The van der Waals surface area contributed by atoms with E-state index in [1.54, 1.807) is 7.11 Å². The summed E-state index contributed by atoms with van der Waals surface area (Å²) >= 11 is 3.48. The van der Waals surface area contributed by atoms with Gasteiger partial charge in [-0.3, -0.25) is 0 Å². The average molecular weight is 315 g/mol. The smallest absolute Gasteiger partial charge is 0.143 e. The van der Waals surface area contributed by atoms with Crippen LogP contribution in [0.25, 0.3) is 0 Å². The average Bonchev–Trinajstić information content (AvgIpc) is 2.31. The molecule has 0 saturated heterocycles. The van der Waals surface area contributed by atoms with Gasteiger partial charge in [0.25, 0.3) is 0 Å². The van der Waals surface area contributed by atoms with Crippen molar-refractivity contribution < 1.29 is 4.74 Å². The van der Waals surface area contributed by atoms with Crippen molar-refractivity contribution in [2.24, 2.45) is 17.6 Å². The second kappa shape index (κ2) is 7.00. The summed E-state index contributed by atoms with van der Waals surface area (Å²) in [6.07, 6.45) is 0. The number of methoxy groups -OCH3 is 1. The van der Waals surface area contributed by atoms with Crippen molar-refractivity contribution in [2.75, 3.05) is 25.5 Å². The van der Waals surface area contributed by atoms with E-state index in [0.717, 1.165) is 22.5 Å². The number of hydrogen-bond acceptors (Lipinski definition) is 3. The summed E-state index contributed by atoms with van der Waals surface area (Å²) in [5.74, 6) is 1.91. The number of hydrogen-bond donors (Lipinski definition) is 2. The van der Waals surface area contributed by atoms with Crippen molar-refractivity contribution in [2.45, 2.75) is 20.8 Å². The molecule has 0 aliphatic heterocycles. The van der Waals surface area contributed by atoms with Crippen LogP contribution in [0.1, 0.15) is 19.4 Å². The van der Waals surface area contributed by atoms with Crippen LogP contribution in [0, 0.1) is 18.8 Å². The molecule has 0 heterocycles. The highest BCUT2D eigenvalue weighted by atomic mass is 79.9. The Balaban J connectivity index is 2.84. The molecule has 102 valence electrons. The second-order valence-corrected chi connectivity index (χ2v) is 5.84. The minimum atomic E-state index is 0.470. The summed E-state index contributed by atoms with van der Waals surface area (Å²) in [6, 6.07) is 4.06. The topological polar surface area (TPSA) is 47.3 Å². The van der Waals surface area contributed by atoms with Crippen molar-refractivity contribution in [1.29, 1.82) is 0 Å². The van der Waals surface area contributed by atoms with Gasteiger partial charge in [-0.25, -0.2) is 0 Å². The Bertz CT molecular complexity index is 394. The monoisotopic (exact) mass is 314 g/mol. The lowest BCUT2D eigenvalue weighted by molar-refractivity contribution is 0.405. The fourth-order valence-corrected chi connectivity index (χ4v) is 2.48. The summed E-state index contributed by atoms with van der Waals surface area (Å²) in [4.78, 5) is 0. The quantitative estimate of drug-likeness (QED) is 0.846. The van der Waals surface area contributed by atoms with Gasteiger partial charge in [0.15, 0.2) is 0 Å². The van der Waals surface area contributed by atoms with Crippen molar-refractivity contribution in [3.05, 3.63) is 22.2 Å². The first-order valence-corrected chi connectivity index (χ1v) is 7.07. The standard InChI is InChI=1S/C14H23BrN2O/c1-9(2)11(7-16)8-17-14-10(3)5-12(15)6-13(14)18-4/h5-6,9,11,17H,7-8,16H2,1-4H3. The molecule has 1 aromatic rings. The highest BCUT2D eigenvalue weighted by Gasteiger charge is 2.13. The molecule has 3 N–H and O–H groups in total. The molecule has 1 aromatic carbocycles. The summed E-state index contributed by atoms with van der Waals surface area (Å²) in [6.45, 7) is 8.04. The van der Waals surface area contributed by atoms with Crippen LogP contribution in [0.15, 0.2) is 16.6 Å². The summed E-state index contributed by atoms with van der Waals surface area (Å²) < 4.78 is 6.44. The van der Waals surface area contributed by atoms with Crippen LogP contribution in [0.4, 0.5) is 5.69 Å². The number of nitrogens with two attached hydrogens (primary N) is 1. The van der Waals surface area contributed by atoms with E-state index in [9.17, 15) is 0 Å². The minimum absolute atomic E-state index is 0.470. The van der Waals surface area contributed by atoms with Crippen molar-refractivity contribution in [3.8, 4) is 5.75 Å². The summed E-state index contributed by atoms with van der Waals surface area (Å²) in [5.41, 5.74) is 8.01. The Kier molecular flexibility index (Phi) is 5.96. The van der Waals surface area contributed by atoms with Crippen molar-refractivity contribution in [1.82, 2.24) is 0 Å². The second-order valence-electron chi connectivity index (χ2n) is 4.92. The normalized spacial score (nSPS) is 12.6. The lowest BCUT2D eigenvalue weighted by Gasteiger charge is -2.22. The molecule has 18 heavy (non-hydrogen) atoms. The molecule has 0 saturated carbocycles. The van der Waals surface area contributed by atoms with Gasteiger partial charge in [-0.1, -0.05) is 29.8 Å². The maximum absolute atomic E-state index is 5.79. The molecule has 0 bridgehead atoms. The number of benzene rings is 1. The first-order chi connectivity index (χ1) is 8.49. The van der Waals surface area contributed by atoms with Crippen LogP contribution < -0.4 is 15.8 Å². The van der Waals surface area contributed by atoms with Crippen molar-refractivity contribution >= 4 is 21.6 Å². The van der Waals surface area contributed by atoms with E-state index >= 15 is 0 Å². The largest absolute Gasteiger partial charge is 0.495 e. The number of ether oxygens (including phenoxy) is 1. The zero-order chi connectivity index (χ0) is 13.7. The fourth-order valence-electron chi connectivity index (χ4n) is 1.92. The van der Waals surface area contributed by atoms with Gasteiger partial charge in [0.2, 0.25) is 0 Å². The highest BCUT2D eigenvalue weighted by molar-refractivity contribution is 9.10. The maximum Gasteiger partial charge on any atom is 0.143 e. The number of halogens is 1. The van der Waals surface area contributed by atoms with E-state index in [1.807, 2.05) is 6.07 Å². The van der Waals surface area contributed by atoms with Gasteiger partial charge in [0.05, 0.1) is 12.8 Å². The maximum atomic E-state index is 5.79. The van der Waals surface area contributed by atoms with Crippen LogP contribution in [0.5, 0.6) is 5.75 Å². The Morgan fingerprint density at radius 2 is 2.06 bits per heavy atom. The molecule has 3 nitrogen and oxygen atoms in total. The molecule has 4 heteroatoms. The van der Waals surface area contributed by atoms with Crippen molar-refractivity contribution in [3.63, 3.8) is 0 Å². The molecule has 0 aliphatic carbocycles. The minimum Gasteiger partial charge on any atom is -0.495 e. The van der Waals surface area contributed by atoms with E-state index in [4.69, 9.17) is 10.5 Å². The van der Waals surface area contributed by atoms with Gasteiger partial charge in [0.1, 0.15) is 5.75 Å². The molecule has 1 atom stereocenters. The Morgan fingerprint density at radius 3 is 2.56 bits per heavy atom. The van der Waals surface area contributed by atoms with E-state index in [0.29, 0.717) is 18.4 Å². The Hall–Kier alpha value is -0.740. The van der Waals surface area contributed by atoms with Gasteiger partial charge in [-0.15, -0.1) is 0 Å². The molecule has 0 aromatic heterocycles. The molecule has 0 fully saturated rings. The van der Waals surface area contributed by atoms with Gasteiger partial charge >= 0.3 is 0 Å². The van der Waals surface area contributed by atoms with Crippen LogP contribution in [0.3, 0.4) is 0 Å². The van der Waals surface area contributed by atoms with E-state index < -0.39 is 0 Å². The van der Waals surface area contributed by atoms with E-state index in [2.05, 4.69) is 48.1 Å². The van der Waals surface area contributed by atoms with Crippen LogP contribution >= 0.6 is 15.9 Å². The van der Waals surface area contributed by atoms with E-state index in [-0.39, 0.29) is 0 Å². The molecular formula is C14H23BrN2O. The Morgan fingerprint density at radius 1 is 1.39 bits per heavy atom.